The van der Waals surface area contributed by atoms with Gasteiger partial charge in [0.1, 0.15) is 0 Å². The lowest BCUT2D eigenvalue weighted by Crippen LogP contribution is -2.53. The molecule has 0 radical (unpaired) electrons. The molecular weight excluding hydrogens is 302 g/mol. The summed E-state index contributed by atoms with van der Waals surface area (Å²) in [6.07, 6.45) is 2.15. The number of amides is 1. The van der Waals surface area contributed by atoms with Crippen LogP contribution in [0.25, 0.3) is 0 Å². The molecule has 1 amide bonds. The van der Waals surface area contributed by atoms with Crippen LogP contribution >= 0.6 is 12.4 Å². The third kappa shape index (κ3) is 4.60. The molecule has 2 N–H and O–H groups in total. The maximum Gasteiger partial charge on any atom is 0.251 e. The number of benzene rings is 1. The Balaban J connectivity index is 0.00000242. The van der Waals surface area contributed by atoms with Crippen molar-refractivity contribution in [1.82, 2.24) is 10.6 Å². The van der Waals surface area contributed by atoms with E-state index < -0.39 is 0 Å². The molecule has 1 aliphatic rings. The zero-order chi connectivity index (χ0) is 15.3. The van der Waals surface area contributed by atoms with Crippen molar-refractivity contribution in [2.75, 3.05) is 45.8 Å². The van der Waals surface area contributed by atoms with Gasteiger partial charge in [-0.3, -0.25) is 4.79 Å². The smallest absolute Gasteiger partial charge is 0.251 e. The standard InChI is InChI=1S/C16H25N3O2.ClH/c1-19(2)14-7-4-6-13(10-14)15(20)17-11-16(12-21-3)8-5-9-18-16;/h4,6-7,10,18H,5,8-9,11-12H2,1-3H3,(H,17,20);1H. The van der Waals surface area contributed by atoms with Crippen LogP contribution in [0.1, 0.15) is 23.2 Å². The number of hydrogen-bond acceptors (Lipinski definition) is 4. The van der Waals surface area contributed by atoms with Crippen molar-refractivity contribution in [2.24, 2.45) is 0 Å². The highest BCUT2D eigenvalue weighted by molar-refractivity contribution is 5.95. The third-order valence-corrected chi connectivity index (χ3v) is 3.96. The number of halogens is 1. The quantitative estimate of drug-likeness (QED) is 0.834. The second-order valence-electron chi connectivity index (χ2n) is 5.87. The monoisotopic (exact) mass is 327 g/mol. The number of anilines is 1. The Morgan fingerprint density at radius 3 is 2.82 bits per heavy atom. The van der Waals surface area contributed by atoms with E-state index in [4.69, 9.17) is 4.74 Å². The van der Waals surface area contributed by atoms with Gasteiger partial charge in [0.25, 0.3) is 5.91 Å². The first-order chi connectivity index (χ1) is 10.1. The number of rotatable bonds is 6. The van der Waals surface area contributed by atoms with E-state index in [-0.39, 0.29) is 23.9 Å². The van der Waals surface area contributed by atoms with Crippen LogP contribution in [0.5, 0.6) is 0 Å². The van der Waals surface area contributed by atoms with Gasteiger partial charge in [0.15, 0.2) is 0 Å². The molecule has 6 heteroatoms. The molecule has 22 heavy (non-hydrogen) atoms. The van der Waals surface area contributed by atoms with Crippen LogP contribution in [0.2, 0.25) is 0 Å². The molecule has 5 nitrogen and oxygen atoms in total. The second-order valence-corrected chi connectivity index (χ2v) is 5.87. The molecular formula is C16H26ClN3O2. The lowest BCUT2D eigenvalue weighted by molar-refractivity contribution is 0.0892. The fraction of sp³-hybridized carbons (Fsp3) is 0.562. The highest BCUT2D eigenvalue weighted by atomic mass is 35.5. The highest BCUT2D eigenvalue weighted by Gasteiger charge is 2.33. The number of methoxy groups -OCH3 is 1. The molecule has 1 aromatic rings. The molecule has 0 aromatic heterocycles. The van der Waals surface area contributed by atoms with Gasteiger partial charge in [-0.15, -0.1) is 12.4 Å². The molecule has 1 unspecified atom stereocenters. The zero-order valence-electron chi connectivity index (χ0n) is 13.5. The van der Waals surface area contributed by atoms with Crippen molar-refractivity contribution in [3.8, 4) is 0 Å². The second kappa shape index (κ2) is 8.36. The molecule has 1 aromatic carbocycles. The Morgan fingerprint density at radius 2 is 2.23 bits per heavy atom. The van der Waals surface area contributed by atoms with E-state index in [1.165, 1.54) is 0 Å². The van der Waals surface area contributed by atoms with Gasteiger partial charge in [0.2, 0.25) is 0 Å². The van der Waals surface area contributed by atoms with Crippen molar-refractivity contribution < 1.29 is 9.53 Å². The van der Waals surface area contributed by atoms with Crippen molar-refractivity contribution in [2.45, 2.75) is 18.4 Å². The Hall–Kier alpha value is -1.30. The van der Waals surface area contributed by atoms with Gasteiger partial charge in [0, 0.05) is 39.0 Å². The molecule has 1 fully saturated rings. The summed E-state index contributed by atoms with van der Waals surface area (Å²) in [5.41, 5.74) is 1.59. The van der Waals surface area contributed by atoms with Gasteiger partial charge in [-0.05, 0) is 37.6 Å². The first kappa shape index (κ1) is 18.7. The van der Waals surface area contributed by atoms with Crippen LogP contribution in [0.3, 0.4) is 0 Å². The van der Waals surface area contributed by atoms with E-state index in [0.29, 0.717) is 18.7 Å². The van der Waals surface area contributed by atoms with E-state index >= 15 is 0 Å². The molecule has 0 bridgehead atoms. The van der Waals surface area contributed by atoms with Crippen LogP contribution in [-0.2, 0) is 4.74 Å². The van der Waals surface area contributed by atoms with Crippen LogP contribution in [0, 0.1) is 0 Å². The van der Waals surface area contributed by atoms with Gasteiger partial charge < -0.3 is 20.3 Å². The van der Waals surface area contributed by atoms with Gasteiger partial charge in [-0.25, -0.2) is 0 Å². The first-order valence-electron chi connectivity index (χ1n) is 7.36. The number of carbonyl (C=O) groups excluding carboxylic acids is 1. The van der Waals surface area contributed by atoms with Crippen LogP contribution in [-0.4, -0.2) is 52.3 Å². The van der Waals surface area contributed by atoms with Gasteiger partial charge >= 0.3 is 0 Å². The average molecular weight is 328 g/mol. The van der Waals surface area contributed by atoms with Crippen molar-refractivity contribution in [3.63, 3.8) is 0 Å². The minimum absolute atomic E-state index is 0. The van der Waals surface area contributed by atoms with Crippen LogP contribution in [0.15, 0.2) is 24.3 Å². The number of nitrogens with zero attached hydrogens (tertiary/aromatic N) is 1. The van der Waals surface area contributed by atoms with E-state index in [2.05, 4.69) is 10.6 Å². The summed E-state index contributed by atoms with van der Waals surface area (Å²) in [6, 6.07) is 7.64. The maximum atomic E-state index is 12.3. The third-order valence-electron chi connectivity index (χ3n) is 3.96. The summed E-state index contributed by atoms with van der Waals surface area (Å²) in [5, 5.41) is 6.49. The van der Waals surface area contributed by atoms with Gasteiger partial charge in [-0.1, -0.05) is 6.07 Å². The Kier molecular flexibility index (Phi) is 7.13. The first-order valence-corrected chi connectivity index (χ1v) is 7.36. The summed E-state index contributed by atoms with van der Waals surface area (Å²) < 4.78 is 5.30. The average Bonchev–Trinajstić information content (AvgIpc) is 2.94. The van der Waals surface area contributed by atoms with Gasteiger partial charge in [-0.2, -0.15) is 0 Å². The fourth-order valence-corrected chi connectivity index (χ4v) is 2.75. The molecule has 1 heterocycles. The normalized spacial score (nSPS) is 20.3. The number of hydrogen-bond donors (Lipinski definition) is 2. The molecule has 1 saturated heterocycles. The summed E-state index contributed by atoms with van der Waals surface area (Å²) >= 11 is 0. The van der Waals surface area contributed by atoms with Crippen molar-refractivity contribution >= 4 is 24.0 Å². The van der Waals surface area contributed by atoms with Crippen LogP contribution < -0.4 is 15.5 Å². The van der Waals surface area contributed by atoms with E-state index in [1.807, 2.05) is 43.3 Å². The van der Waals surface area contributed by atoms with E-state index in [9.17, 15) is 4.79 Å². The number of ether oxygens (including phenoxy) is 1. The highest BCUT2D eigenvalue weighted by Crippen LogP contribution is 2.19. The Labute approximate surface area is 138 Å². The van der Waals surface area contributed by atoms with E-state index in [1.54, 1.807) is 7.11 Å². The predicted octanol–water partition coefficient (Wildman–Crippen LogP) is 1.67. The Bertz CT molecular complexity index is 488. The summed E-state index contributed by atoms with van der Waals surface area (Å²) in [6.45, 7) is 2.19. The fourth-order valence-electron chi connectivity index (χ4n) is 2.75. The molecule has 2 rings (SSSR count). The molecule has 0 aliphatic carbocycles. The SMILES string of the molecule is COCC1(CNC(=O)c2cccc(N(C)C)c2)CCCN1.Cl. The molecule has 124 valence electrons. The number of carbonyl (C=O) groups is 1. The summed E-state index contributed by atoms with van der Waals surface area (Å²) in [5.74, 6) is -0.0390. The lowest BCUT2D eigenvalue weighted by Gasteiger charge is -2.29. The largest absolute Gasteiger partial charge is 0.383 e. The maximum absolute atomic E-state index is 12.3. The lowest BCUT2D eigenvalue weighted by atomic mass is 9.98. The van der Waals surface area contributed by atoms with Crippen molar-refractivity contribution in [3.05, 3.63) is 29.8 Å². The number of nitrogens with one attached hydrogen (secondary N) is 2. The summed E-state index contributed by atoms with van der Waals surface area (Å²) in [7, 11) is 5.63. The Morgan fingerprint density at radius 1 is 1.45 bits per heavy atom. The van der Waals surface area contributed by atoms with E-state index in [0.717, 1.165) is 25.1 Å². The molecule has 1 atom stereocenters. The van der Waals surface area contributed by atoms with Gasteiger partial charge in [0.05, 0.1) is 12.1 Å². The zero-order valence-corrected chi connectivity index (χ0v) is 14.3. The molecule has 0 saturated carbocycles. The topological polar surface area (TPSA) is 53.6 Å². The van der Waals surface area contributed by atoms with Crippen LogP contribution in [0.4, 0.5) is 5.69 Å². The van der Waals surface area contributed by atoms with Crippen molar-refractivity contribution in [1.29, 1.82) is 0 Å². The predicted molar refractivity (Wildman–Crippen MR) is 92.2 cm³/mol. The summed E-state index contributed by atoms with van der Waals surface area (Å²) in [4.78, 5) is 14.3. The minimum Gasteiger partial charge on any atom is -0.383 e. The molecule has 0 spiro atoms. The molecule has 1 aliphatic heterocycles. The minimum atomic E-state index is -0.121.